The van der Waals surface area contributed by atoms with Gasteiger partial charge in [-0.2, -0.15) is 0 Å². The average Bonchev–Trinajstić information content (AvgIpc) is 3.01. The van der Waals surface area contributed by atoms with Crippen molar-refractivity contribution in [2.24, 2.45) is 4.99 Å². The Hall–Kier alpha value is -2.97. The first kappa shape index (κ1) is 24.7. The van der Waals surface area contributed by atoms with Gasteiger partial charge in [0.2, 0.25) is 0 Å². The number of halogens is 4. The quantitative estimate of drug-likeness (QED) is 0.408. The molecule has 1 N–H and O–H groups in total. The molecule has 3 aromatic carbocycles. The van der Waals surface area contributed by atoms with Crippen LogP contribution in [0.25, 0.3) is 0 Å². The molecule has 0 unspecified atom stereocenters. The minimum atomic E-state index is -2.70. The van der Waals surface area contributed by atoms with Crippen LogP contribution in [0, 0.1) is 5.82 Å². The molecule has 0 radical (unpaired) electrons. The largest absolute Gasteiger partial charge is 0.356 e. The van der Waals surface area contributed by atoms with E-state index in [1.54, 1.807) is 24.3 Å². The van der Waals surface area contributed by atoms with Gasteiger partial charge in [-0.05, 0) is 60.5 Å². The van der Waals surface area contributed by atoms with Crippen molar-refractivity contribution in [1.82, 2.24) is 10.2 Å². The average molecular weight is 530 g/mol. The first-order valence-electron chi connectivity index (χ1n) is 11.6. The number of hydrogen-bond donors (Lipinski definition) is 1. The Morgan fingerprint density at radius 3 is 2.53 bits per heavy atom. The first-order valence-corrected chi connectivity index (χ1v) is 12.8. The summed E-state index contributed by atoms with van der Waals surface area (Å²) in [7, 11) is 0. The highest BCUT2D eigenvalue weighted by Crippen LogP contribution is 2.42. The molecular formula is C27H23ClF3N3OS. The number of alkyl halides is 2. The van der Waals surface area contributed by atoms with Gasteiger partial charge in [-0.1, -0.05) is 35.5 Å². The van der Waals surface area contributed by atoms with Crippen LogP contribution in [-0.2, 0) is 6.42 Å². The van der Waals surface area contributed by atoms with Crippen molar-refractivity contribution in [2.75, 3.05) is 19.6 Å². The lowest BCUT2D eigenvalue weighted by molar-refractivity contribution is -0.0433. The van der Waals surface area contributed by atoms with Crippen LogP contribution >= 0.6 is 23.4 Å². The smallest absolute Gasteiger partial charge is 0.251 e. The zero-order valence-electron chi connectivity index (χ0n) is 19.2. The summed E-state index contributed by atoms with van der Waals surface area (Å²) in [5, 5.41) is 3.58. The number of nitrogens with zero attached hydrogens (tertiary/aromatic N) is 2. The number of amides is 1. The van der Waals surface area contributed by atoms with Crippen LogP contribution in [0.3, 0.4) is 0 Å². The fourth-order valence-corrected chi connectivity index (χ4v) is 5.40. The molecule has 1 amide bonds. The van der Waals surface area contributed by atoms with E-state index in [0.29, 0.717) is 45.5 Å². The molecule has 0 bridgehead atoms. The van der Waals surface area contributed by atoms with E-state index in [2.05, 4.69) is 5.32 Å². The number of likely N-dealkylation sites (tertiary alicyclic amines) is 1. The maximum absolute atomic E-state index is 14.1. The third kappa shape index (κ3) is 5.55. The Kier molecular flexibility index (Phi) is 6.99. The third-order valence-electron chi connectivity index (χ3n) is 6.26. The second kappa shape index (κ2) is 10.2. The molecule has 0 aromatic heterocycles. The fraction of sp³-hybridized carbons (Fsp3) is 0.259. The predicted molar refractivity (Wildman–Crippen MR) is 136 cm³/mol. The van der Waals surface area contributed by atoms with E-state index in [4.69, 9.17) is 16.6 Å². The van der Waals surface area contributed by atoms with Gasteiger partial charge in [0.1, 0.15) is 11.7 Å². The highest BCUT2D eigenvalue weighted by Gasteiger charge is 2.36. The highest BCUT2D eigenvalue weighted by atomic mass is 35.5. The molecule has 0 spiro atoms. The molecule has 9 heteroatoms. The first-order chi connectivity index (χ1) is 17.3. The minimum Gasteiger partial charge on any atom is -0.356 e. The maximum atomic E-state index is 14.1. The van der Waals surface area contributed by atoms with Crippen molar-refractivity contribution in [2.45, 2.75) is 35.0 Å². The van der Waals surface area contributed by atoms with Gasteiger partial charge in [0.05, 0.1) is 5.69 Å². The van der Waals surface area contributed by atoms with Crippen molar-refractivity contribution in [3.8, 4) is 0 Å². The monoisotopic (exact) mass is 529 g/mol. The van der Waals surface area contributed by atoms with Crippen LogP contribution in [0.15, 0.2) is 75.4 Å². The Morgan fingerprint density at radius 1 is 1.03 bits per heavy atom. The fourth-order valence-electron chi connectivity index (χ4n) is 4.25. The Labute approximate surface area is 216 Å². The molecule has 3 aromatic rings. The van der Waals surface area contributed by atoms with Crippen LogP contribution in [0.5, 0.6) is 0 Å². The molecule has 36 heavy (non-hydrogen) atoms. The summed E-state index contributed by atoms with van der Waals surface area (Å²) in [5.41, 5.74) is 2.74. The molecule has 186 valence electrons. The molecule has 0 atom stereocenters. The van der Waals surface area contributed by atoms with Crippen LogP contribution in [0.1, 0.15) is 34.3 Å². The van der Waals surface area contributed by atoms with Crippen LogP contribution in [0.2, 0.25) is 5.02 Å². The number of fused-ring (bicyclic) bond motifs is 2. The van der Waals surface area contributed by atoms with Crippen molar-refractivity contribution in [3.05, 3.63) is 88.2 Å². The number of benzene rings is 3. The minimum absolute atomic E-state index is 0.146. The van der Waals surface area contributed by atoms with Gasteiger partial charge in [-0.25, -0.2) is 18.2 Å². The lowest BCUT2D eigenvalue weighted by Crippen LogP contribution is -2.43. The topological polar surface area (TPSA) is 44.7 Å². The number of carbonyl (C=O) groups excluding carboxylic acids is 1. The molecular weight excluding hydrogens is 507 g/mol. The van der Waals surface area contributed by atoms with Gasteiger partial charge < -0.3 is 10.2 Å². The number of aliphatic imine (C=N–C) groups is 1. The summed E-state index contributed by atoms with van der Waals surface area (Å²) >= 11 is 7.27. The van der Waals surface area contributed by atoms with E-state index < -0.39 is 5.92 Å². The van der Waals surface area contributed by atoms with Crippen LogP contribution in [0.4, 0.5) is 18.9 Å². The van der Waals surface area contributed by atoms with E-state index in [1.807, 2.05) is 29.2 Å². The summed E-state index contributed by atoms with van der Waals surface area (Å²) in [6, 6.07) is 17.1. The molecule has 4 nitrogen and oxygen atoms in total. The summed E-state index contributed by atoms with van der Waals surface area (Å²) in [4.78, 5) is 20.9. The zero-order valence-corrected chi connectivity index (χ0v) is 20.8. The van der Waals surface area contributed by atoms with Gasteiger partial charge in [0, 0.05) is 58.4 Å². The van der Waals surface area contributed by atoms with Crippen molar-refractivity contribution < 1.29 is 18.0 Å². The number of hydrogen-bond acceptors (Lipinski definition) is 4. The molecule has 0 saturated carbocycles. The van der Waals surface area contributed by atoms with Gasteiger partial charge in [-0.15, -0.1) is 0 Å². The van der Waals surface area contributed by atoms with Crippen molar-refractivity contribution >= 4 is 40.8 Å². The van der Waals surface area contributed by atoms with Gasteiger partial charge in [-0.3, -0.25) is 4.79 Å². The SMILES string of the molecule is O=C(NCCc1ccc(Cl)cc1)c1ccc2c(c1)N=C(N1CCC(F)(F)CC1)c1ccc(F)cc1S2. The van der Waals surface area contributed by atoms with E-state index >= 15 is 0 Å². The number of amidine groups is 1. The Balaban J connectivity index is 1.39. The number of carbonyl (C=O) groups is 1. The summed E-state index contributed by atoms with van der Waals surface area (Å²) in [5.74, 6) is -2.80. The standard InChI is InChI=1S/C27H23ClF3N3OS/c28-19-4-1-17(2-5-19)9-12-32-26(35)18-3-8-23-22(15-18)33-25(34-13-10-27(30,31)11-14-34)21-7-6-20(29)16-24(21)36-23/h1-8,15-16H,9-14H2,(H,32,35). The second-order valence-electron chi connectivity index (χ2n) is 8.84. The predicted octanol–water partition coefficient (Wildman–Crippen LogP) is 6.73. The van der Waals surface area contributed by atoms with E-state index in [9.17, 15) is 18.0 Å². The number of nitrogens with one attached hydrogen (secondary N) is 1. The number of piperidine rings is 1. The zero-order chi connectivity index (χ0) is 25.3. The van der Waals surface area contributed by atoms with Gasteiger partial charge in [0.25, 0.3) is 11.8 Å². The molecule has 2 heterocycles. The Bertz CT molecular complexity index is 1320. The molecule has 5 rings (SSSR count). The summed E-state index contributed by atoms with van der Waals surface area (Å²) < 4.78 is 41.7. The highest BCUT2D eigenvalue weighted by molar-refractivity contribution is 7.99. The maximum Gasteiger partial charge on any atom is 0.251 e. The van der Waals surface area contributed by atoms with E-state index in [0.717, 1.165) is 10.5 Å². The van der Waals surface area contributed by atoms with Gasteiger partial charge >= 0.3 is 0 Å². The molecule has 2 aliphatic rings. The van der Waals surface area contributed by atoms with Crippen LogP contribution < -0.4 is 5.32 Å². The van der Waals surface area contributed by atoms with Gasteiger partial charge in [0.15, 0.2) is 0 Å². The lowest BCUT2D eigenvalue weighted by Gasteiger charge is -2.34. The van der Waals surface area contributed by atoms with Crippen molar-refractivity contribution in [1.29, 1.82) is 0 Å². The third-order valence-corrected chi connectivity index (χ3v) is 7.63. The molecule has 1 fully saturated rings. The van der Waals surface area contributed by atoms with E-state index in [1.165, 1.54) is 23.9 Å². The van der Waals surface area contributed by atoms with Crippen LogP contribution in [-0.4, -0.2) is 42.2 Å². The normalized spacial score (nSPS) is 16.4. The summed E-state index contributed by atoms with van der Waals surface area (Å²) in [6.07, 6.45) is 0.129. The molecule has 1 saturated heterocycles. The van der Waals surface area contributed by atoms with E-state index in [-0.39, 0.29) is 37.7 Å². The lowest BCUT2D eigenvalue weighted by atomic mass is 10.0. The van der Waals surface area contributed by atoms with Crippen molar-refractivity contribution in [3.63, 3.8) is 0 Å². The second-order valence-corrected chi connectivity index (χ2v) is 10.4. The number of rotatable bonds is 4. The molecule has 0 aliphatic carbocycles. The summed E-state index contributed by atoms with van der Waals surface area (Å²) in [6.45, 7) is 0.745. The Morgan fingerprint density at radius 2 is 1.78 bits per heavy atom. The molecule has 2 aliphatic heterocycles.